The van der Waals surface area contributed by atoms with Gasteiger partial charge in [0.15, 0.2) is 11.5 Å². The van der Waals surface area contributed by atoms with Crippen LogP contribution in [0.15, 0.2) is 18.2 Å². The topological polar surface area (TPSA) is 44.8 Å². The molecule has 0 atom stereocenters. The van der Waals surface area contributed by atoms with Gasteiger partial charge in [0.05, 0.1) is 19.3 Å². The molecule has 0 saturated carbocycles. The summed E-state index contributed by atoms with van der Waals surface area (Å²) in [5.74, 6) is 0.777. The van der Waals surface area contributed by atoms with Crippen molar-refractivity contribution in [2.45, 2.75) is 33.3 Å². The van der Waals surface area contributed by atoms with Gasteiger partial charge in [0.25, 0.3) is 0 Å². The zero-order valence-electron chi connectivity index (χ0n) is 11.6. The minimum atomic E-state index is -0.511. The molecule has 18 heavy (non-hydrogen) atoms. The summed E-state index contributed by atoms with van der Waals surface area (Å²) in [5, 5.41) is 0. The molecule has 0 radical (unpaired) electrons. The van der Waals surface area contributed by atoms with E-state index in [4.69, 9.17) is 14.2 Å². The number of carbonyl (C=O) groups is 1. The van der Waals surface area contributed by atoms with Gasteiger partial charge in [-0.2, -0.15) is 0 Å². The molecule has 0 aromatic heterocycles. The van der Waals surface area contributed by atoms with Crippen molar-refractivity contribution in [2.75, 3.05) is 13.7 Å². The molecule has 0 aliphatic rings. The van der Waals surface area contributed by atoms with Crippen molar-refractivity contribution in [1.82, 2.24) is 0 Å². The lowest BCUT2D eigenvalue weighted by Gasteiger charge is -2.20. The Morgan fingerprint density at radius 1 is 1.22 bits per heavy atom. The molecule has 0 fully saturated rings. The van der Waals surface area contributed by atoms with Crippen LogP contribution in [-0.4, -0.2) is 25.3 Å². The maximum absolute atomic E-state index is 11.9. The number of hydrogen-bond acceptors (Lipinski definition) is 4. The third-order valence-electron chi connectivity index (χ3n) is 2.10. The van der Waals surface area contributed by atoms with E-state index in [9.17, 15) is 4.79 Å². The molecule has 4 nitrogen and oxygen atoms in total. The number of carbonyl (C=O) groups excluding carboxylic acids is 1. The standard InChI is InChI=1S/C14H20O4/c1-6-17-12-9-10(7-8-11(12)16-5)13(15)18-14(2,3)4/h7-9H,6H2,1-5H3. The fourth-order valence-corrected chi connectivity index (χ4v) is 1.41. The number of benzene rings is 1. The van der Waals surface area contributed by atoms with Crippen LogP contribution in [0.3, 0.4) is 0 Å². The lowest BCUT2D eigenvalue weighted by atomic mass is 10.1. The van der Waals surface area contributed by atoms with Gasteiger partial charge in [-0.05, 0) is 45.9 Å². The Balaban J connectivity index is 2.97. The van der Waals surface area contributed by atoms with Crippen LogP contribution in [-0.2, 0) is 4.74 Å². The second-order valence-electron chi connectivity index (χ2n) is 4.80. The van der Waals surface area contributed by atoms with Crippen LogP contribution in [0.4, 0.5) is 0 Å². The van der Waals surface area contributed by atoms with E-state index in [-0.39, 0.29) is 5.97 Å². The number of ether oxygens (including phenoxy) is 3. The van der Waals surface area contributed by atoms with Gasteiger partial charge < -0.3 is 14.2 Å². The summed E-state index contributed by atoms with van der Waals surface area (Å²) in [7, 11) is 1.56. The van der Waals surface area contributed by atoms with Gasteiger partial charge in [-0.3, -0.25) is 0 Å². The maximum Gasteiger partial charge on any atom is 0.338 e. The van der Waals surface area contributed by atoms with Crippen LogP contribution in [0.1, 0.15) is 38.1 Å². The Labute approximate surface area is 108 Å². The molecule has 0 unspecified atom stereocenters. The lowest BCUT2D eigenvalue weighted by Crippen LogP contribution is -2.23. The second-order valence-corrected chi connectivity index (χ2v) is 4.80. The molecule has 0 aliphatic heterocycles. The Kier molecular flexibility index (Phi) is 4.59. The lowest BCUT2D eigenvalue weighted by molar-refractivity contribution is 0.00691. The highest BCUT2D eigenvalue weighted by Gasteiger charge is 2.19. The van der Waals surface area contributed by atoms with E-state index in [2.05, 4.69) is 0 Å². The summed E-state index contributed by atoms with van der Waals surface area (Å²) in [6.45, 7) is 7.88. The third kappa shape index (κ3) is 3.95. The molecule has 0 amide bonds. The molecule has 0 heterocycles. The Hall–Kier alpha value is -1.71. The maximum atomic E-state index is 11.9. The van der Waals surface area contributed by atoms with Gasteiger partial charge >= 0.3 is 5.97 Å². The summed E-state index contributed by atoms with van der Waals surface area (Å²) >= 11 is 0. The zero-order valence-corrected chi connectivity index (χ0v) is 11.6. The Morgan fingerprint density at radius 3 is 2.39 bits per heavy atom. The Morgan fingerprint density at radius 2 is 1.89 bits per heavy atom. The number of rotatable bonds is 4. The highest BCUT2D eigenvalue weighted by atomic mass is 16.6. The van der Waals surface area contributed by atoms with Gasteiger partial charge in [0, 0.05) is 0 Å². The van der Waals surface area contributed by atoms with Crippen LogP contribution in [0.5, 0.6) is 11.5 Å². The van der Waals surface area contributed by atoms with E-state index in [0.29, 0.717) is 23.7 Å². The average Bonchev–Trinajstić information content (AvgIpc) is 2.27. The van der Waals surface area contributed by atoms with Crippen molar-refractivity contribution in [2.24, 2.45) is 0 Å². The minimum absolute atomic E-state index is 0.369. The van der Waals surface area contributed by atoms with E-state index < -0.39 is 5.60 Å². The predicted molar refractivity (Wildman–Crippen MR) is 69.3 cm³/mol. The van der Waals surface area contributed by atoms with E-state index in [0.717, 1.165) is 0 Å². The molecule has 0 N–H and O–H groups in total. The summed E-state index contributed by atoms with van der Waals surface area (Å²) in [4.78, 5) is 11.9. The van der Waals surface area contributed by atoms with Crippen LogP contribution in [0.2, 0.25) is 0 Å². The first-order chi connectivity index (χ1) is 8.37. The van der Waals surface area contributed by atoms with Gasteiger partial charge in [-0.25, -0.2) is 4.79 Å². The van der Waals surface area contributed by atoms with Gasteiger partial charge in [0.2, 0.25) is 0 Å². The smallest absolute Gasteiger partial charge is 0.338 e. The summed E-state index contributed by atoms with van der Waals surface area (Å²) in [6.07, 6.45) is 0. The van der Waals surface area contributed by atoms with Gasteiger partial charge in [-0.15, -0.1) is 0 Å². The number of esters is 1. The molecule has 0 saturated heterocycles. The van der Waals surface area contributed by atoms with Crippen LogP contribution in [0, 0.1) is 0 Å². The van der Waals surface area contributed by atoms with Crippen LogP contribution in [0.25, 0.3) is 0 Å². The third-order valence-corrected chi connectivity index (χ3v) is 2.10. The largest absolute Gasteiger partial charge is 0.493 e. The Bertz CT molecular complexity index is 418. The fraction of sp³-hybridized carbons (Fsp3) is 0.500. The van der Waals surface area contributed by atoms with Crippen molar-refractivity contribution in [1.29, 1.82) is 0 Å². The molecule has 0 aliphatic carbocycles. The molecule has 100 valence electrons. The quantitative estimate of drug-likeness (QED) is 0.773. The molecular formula is C14H20O4. The van der Waals surface area contributed by atoms with Crippen molar-refractivity contribution in [3.05, 3.63) is 23.8 Å². The van der Waals surface area contributed by atoms with E-state index in [1.807, 2.05) is 27.7 Å². The van der Waals surface area contributed by atoms with Crippen molar-refractivity contribution < 1.29 is 19.0 Å². The van der Waals surface area contributed by atoms with E-state index in [1.54, 1.807) is 25.3 Å². The first-order valence-corrected chi connectivity index (χ1v) is 5.91. The second kappa shape index (κ2) is 5.76. The predicted octanol–water partition coefficient (Wildman–Crippen LogP) is 3.05. The SMILES string of the molecule is CCOc1cc(C(=O)OC(C)(C)C)ccc1OC. The molecule has 1 aromatic rings. The van der Waals surface area contributed by atoms with Gasteiger partial charge in [-0.1, -0.05) is 0 Å². The van der Waals surface area contributed by atoms with Crippen molar-refractivity contribution >= 4 is 5.97 Å². The number of methoxy groups -OCH3 is 1. The first kappa shape index (κ1) is 14.4. The molecular weight excluding hydrogens is 232 g/mol. The fourth-order valence-electron chi connectivity index (χ4n) is 1.41. The molecule has 0 bridgehead atoms. The zero-order chi connectivity index (χ0) is 13.8. The summed E-state index contributed by atoms with van der Waals surface area (Å²) in [6, 6.07) is 5.00. The summed E-state index contributed by atoms with van der Waals surface area (Å²) in [5.41, 5.74) is -0.0582. The highest BCUT2D eigenvalue weighted by Crippen LogP contribution is 2.28. The molecule has 0 spiro atoms. The van der Waals surface area contributed by atoms with Crippen LogP contribution < -0.4 is 9.47 Å². The van der Waals surface area contributed by atoms with Gasteiger partial charge in [0.1, 0.15) is 5.60 Å². The first-order valence-electron chi connectivity index (χ1n) is 5.91. The molecule has 1 rings (SSSR count). The normalized spacial score (nSPS) is 10.9. The van der Waals surface area contributed by atoms with E-state index in [1.165, 1.54) is 0 Å². The monoisotopic (exact) mass is 252 g/mol. The number of hydrogen-bond donors (Lipinski definition) is 0. The van der Waals surface area contributed by atoms with Crippen molar-refractivity contribution in [3.8, 4) is 11.5 Å². The summed E-state index contributed by atoms with van der Waals surface area (Å²) < 4.78 is 15.9. The minimum Gasteiger partial charge on any atom is -0.493 e. The van der Waals surface area contributed by atoms with Crippen LogP contribution >= 0.6 is 0 Å². The van der Waals surface area contributed by atoms with E-state index >= 15 is 0 Å². The molecule has 1 aromatic carbocycles. The molecule has 4 heteroatoms. The van der Waals surface area contributed by atoms with Crippen molar-refractivity contribution in [3.63, 3.8) is 0 Å². The highest BCUT2D eigenvalue weighted by molar-refractivity contribution is 5.90. The average molecular weight is 252 g/mol.